The molecule has 29 heavy (non-hydrogen) atoms. The number of carbonyl (C=O) groups is 1. The highest BCUT2D eigenvalue weighted by molar-refractivity contribution is 7.98. The monoisotopic (exact) mass is 433 g/mol. The molecule has 0 bridgehead atoms. The second-order valence-corrected chi connectivity index (χ2v) is 10.2. The predicted molar refractivity (Wildman–Crippen MR) is 111 cm³/mol. The predicted octanol–water partition coefficient (Wildman–Crippen LogP) is 2.92. The van der Waals surface area contributed by atoms with Crippen molar-refractivity contribution in [1.29, 1.82) is 0 Å². The Balaban J connectivity index is 1.70. The number of nitrogens with zero attached hydrogens (tertiary/aromatic N) is 3. The summed E-state index contributed by atoms with van der Waals surface area (Å²) in [6, 6.07) is 12.3. The number of hydrogen-bond donors (Lipinski definition) is 0. The van der Waals surface area contributed by atoms with Crippen LogP contribution in [0, 0.1) is 10.1 Å². The maximum absolute atomic E-state index is 13.3. The zero-order chi connectivity index (χ0) is 20.8. The molecular weight excluding hydrogens is 414 g/mol. The maximum atomic E-state index is 13.3. The van der Waals surface area contributed by atoms with Crippen molar-refractivity contribution in [2.45, 2.75) is 23.5 Å². The van der Waals surface area contributed by atoms with Gasteiger partial charge in [-0.3, -0.25) is 15.0 Å². The zero-order valence-corrected chi connectivity index (χ0v) is 17.2. The third-order valence-corrected chi connectivity index (χ3v) is 7.71. The van der Waals surface area contributed by atoms with Gasteiger partial charge in [0.15, 0.2) is 9.84 Å². The normalized spacial score (nSPS) is 22.7. The van der Waals surface area contributed by atoms with Crippen molar-refractivity contribution >= 4 is 39.0 Å². The number of hydrogen-bond acceptors (Lipinski definition) is 6. The average Bonchev–Trinajstić information content (AvgIpc) is 3.12. The number of non-ortho nitro benzene ring substituents is 1. The fourth-order valence-corrected chi connectivity index (χ4v) is 6.39. The van der Waals surface area contributed by atoms with Gasteiger partial charge in [-0.1, -0.05) is 18.2 Å². The fraction of sp³-hybridized carbons (Fsp3) is 0.316. The van der Waals surface area contributed by atoms with Crippen LogP contribution in [0.15, 0.2) is 53.4 Å². The van der Waals surface area contributed by atoms with Gasteiger partial charge in [-0.05, 0) is 30.0 Å². The smallest absolute Gasteiger partial charge is 0.314 e. The summed E-state index contributed by atoms with van der Waals surface area (Å²) in [4.78, 5) is 27.9. The Labute approximate surface area is 172 Å². The van der Waals surface area contributed by atoms with Crippen LogP contribution in [0.2, 0.25) is 0 Å². The number of amides is 2. The number of urea groups is 1. The van der Waals surface area contributed by atoms with E-state index in [1.807, 2.05) is 24.5 Å². The van der Waals surface area contributed by atoms with Gasteiger partial charge >= 0.3 is 6.03 Å². The topological polar surface area (TPSA) is 101 Å². The van der Waals surface area contributed by atoms with Gasteiger partial charge in [0.25, 0.3) is 5.69 Å². The van der Waals surface area contributed by atoms with E-state index in [9.17, 15) is 23.3 Å². The van der Waals surface area contributed by atoms with Crippen LogP contribution in [-0.2, 0) is 16.4 Å². The summed E-state index contributed by atoms with van der Waals surface area (Å²) < 4.78 is 24.7. The summed E-state index contributed by atoms with van der Waals surface area (Å²) in [5.74, 6) is -0.185. The number of rotatable bonds is 5. The minimum Gasteiger partial charge on any atom is -0.314 e. The van der Waals surface area contributed by atoms with Crippen LogP contribution >= 0.6 is 11.8 Å². The molecule has 0 N–H and O–H groups in total. The van der Waals surface area contributed by atoms with E-state index in [-0.39, 0.29) is 29.8 Å². The Bertz CT molecular complexity index is 1090. The summed E-state index contributed by atoms with van der Waals surface area (Å²) in [6.07, 6.45) is 1.93. The average molecular weight is 434 g/mol. The van der Waals surface area contributed by atoms with Crippen LogP contribution in [0.25, 0.3) is 0 Å². The first kappa shape index (κ1) is 19.7. The largest absolute Gasteiger partial charge is 0.325 e. The molecule has 2 aliphatic heterocycles. The molecule has 2 amide bonds. The van der Waals surface area contributed by atoms with E-state index in [2.05, 4.69) is 0 Å². The van der Waals surface area contributed by atoms with Crippen molar-refractivity contribution in [2.24, 2.45) is 0 Å². The van der Waals surface area contributed by atoms with E-state index in [1.54, 1.807) is 34.9 Å². The highest BCUT2D eigenvalue weighted by atomic mass is 32.2. The molecule has 2 aromatic carbocycles. The van der Waals surface area contributed by atoms with Gasteiger partial charge in [0.05, 0.1) is 28.5 Å². The molecule has 2 atom stereocenters. The maximum Gasteiger partial charge on any atom is 0.325 e. The molecule has 0 aromatic heterocycles. The molecule has 0 spiro atoms. The van der Waals surface area contributed by atoms with E-state index >= 15 is 0 Å². The van der Waals surface area contributed by atoms with Gasteiger partial charge < -0.3 is 4.90 Å². The molecule has 4 rings (SSSR count). The molecule has 2 aromatic rings. The minimum absolute atomic E-state index is 0.0609. The van der Waals surface area contributed by atoms with Crippen molar-refractivity contribution in [3.05, 3.63) is 64.2 Å². The van der Waals surface area contributed by atoms with E-state index < -0.39 is 26.8 Å². The molecule has 152 valence electrons. The first-order chi connectivity index (χ1) is 13.8. The minimum atomic E-state index is -3.28. The van der Waals surface area contributed by atoms with Gasteiger partial charge in [0.1, 0.15) is 0 Å². The van der Waals surface area contributed by atoms with Gasteiger partial charge in [0.2, 0.25) is 0 Å². The summed E-state index contributed by atoms with van der Waals surface area (Å²) in [6.45, 7) is 0.121. The van der Waals surface area contributed by atoms with E-state index in [0.717, 1.165) is 4.90 Å². The molecular formula is C19H19N3O5S2. The number of carbonyl (C=O) groups excluding carboxylic acids is 1. The van der Waals surface area contributed by atoms with Gasteiger partial charge in [0, 0.05) is 29.3 Å². The number of fused-ring (bicyclic) bond motifs is 1. The molecule has 0 unspecified atom stereocenters. The Morgan fingerprint density at radius 2 is 1.86 bits per heavy atom. The summed E-state index contributed by atoms with van der Waals surface area (Å²) in [5.41, 5.74) is 1.19. The molecule has 0 saturated carbocycles. The van der Waals surface area contributed by atoms with Crippen molar-refractivity contribution in [3.63, 3.8) is 0 Å². The standard InChI is InChI=1S/C19H19N3O5S2/c1-28-16-7-3-5-14(9-16)21-18-12-29(26,27)11-17(18)20(19(21)23)10-13-4-2-6-15(8-13)22(24)25/h2-9,17-18H,10-12H2,1H3/t17-,18+/m0/s1. The quantitative estimate of drug-likeness (QED) is 0.311. The second kappa shape index (κ2) is 7.34. The summed E-state index contributed by atoms with van der Waals surface area (Å²) >= 11 is 1.54. The lowest BCUT2D eigenvalue weighted by Gasteiger charge is -2.23. The van der Waals surface area contributed by atoms with Crippen molar-refractivity contribution in [2.75, 3.05) is 22.7 Å². The fourth-order valence-electron chi connectivity index (χ4n) is 3.99. The summed E-state index contributed by atoms with van der Waals surface area (Å²) in [5, 5.41) is 11.1. The van der Waals surface area contributed by atoms with Crippen LogP contribution < -0.4 is 4.90 Å². The van der Waals surface area contributed by atoms with E-state index in [4.69, 9.17) is 0 Å². The molecule has 0 radical (unpaired) electrons. The molecule has 8 nitrogen and oxygen atoms in total. The molecule has 2 fully saturated rings. The Hall–Kier alpha value is -2.59. The summed E-state index contributed by atoms with van der Waals surface area (Å²) in [7, 11) is -3.28. The number of anilines is 1. The number of nitro groups is 1. The van der Waals surface area contributed by atoms with Crippen LogP contribution in [0.5, 0.6) is 0 Å². The Morgan fingerprint density at radius 3 is 2.59 bits per heavy atom. The third-order valence-electron chi connectivity index (χ3n) is 5.28. The van der Waals surface area contributed by atoms with Gasteiger partial charge in [-0.25, -0.2) is 13.2 Å². The molecule has 2 heterocycles. The lowest BCUT2D eigenvalue weighted by atomic mass is 10.1. The van der Waals surface area contributed by atoms with Gasteiger partial charge in [-0.2, -0.15) is 0 Å². The lowest BCUT2D eigenvalue weighted by Crippen LogP contribution is -2.37. The highest BCUT2D eigenvalue weighted by Gasteiger charge is 2.53. The van der Waals surface area contributed by atoms with Crippen LogP contribution in [0.3, 0.4) is 0 Å². The Morgan fingerprint density at radius 1 is 1.14 bits per heavy atom. The Kier molecular flexibility index (Phi) is 4.99. The molecule has 2 aliphatic rings. The van der Waals surface area contributed by atoms with Crippen LogP contribution in [0.1, 0.15) is 5.56 Å². The second-order valence-electron chi connectivity index (χ2n) is 7.12. The van der Waals surface area contributed by atoms with E-state index in [1.165, 1.54) is 17.0 Å². The van der Waals surface area contributed by atoms with Crippen LogP contribution in [-0.4, -0.2) is 54.1 Å². The van der Waals surface area contributed by atoms with Crippen LogP contribution in [0.4, 0.5) is 16.2 Å². The number of nitro benzene ring substituents is 1. The molecule has 0 aliphatic carbocycles. The molecule has 10 heteroatoms. The molecule has 2 saturated heterocycles. The van der Waals surface area contributed by atoms with Crippen molar-refractivity contribution < 1.29 is 18.1 Å². The van der Waals surface area contributed by atoms with Crippen molar-refractivity contribution in [1.82, 2.24) is 4.90 Å². The SMILES string of the molecule is CSc1cccc(N2C(=O)N(Cc3cccc([N+](=O)[O-])c3)[C@H]3CS(=O)(=O)C[C@H]32)c1. The van der Waals surface area contributed by atoms with E-state index in [0.29, 0.717) is 11.3 Å². The first-order valence-corrected chi connectivity index (χ1v) is 12.0. The third kappa shape index (κ3) is 3.69. The van der Waals surface area contributed by atoms with Gasteiger partial charge in [-0.15, -0.1) is 11.8 Å². The van der Waals surface area contributed by atoms with Crippen molar-refractivity contribution in [3.8, 4) is 0 Å². The number of sulfone groups is 1. The first-order valence-electron chi connectivity index (χ1n) is 8.97. The lowest BCUT2D eigenvalue weighted by molar-refractivity contribution is -0.384. The zero-order valence-electron chi connectivity index (χ0n) is 15.6. The number of benzene rings is 2. The highest BCUT2D eigenvalue weighted by Crippen LogP contribution is 2.37. The number of thioether (sulfide) groups is 1.